The number of halogens is 1. The van der Waals surface area contributed by atoms with Gasteiger partial charge in [0.05, 0.1) is 16.3 Å². The highest BCUT2D eigenvalue weighted by atomic mass is 19.1. The average Bonchev–Trinajstić information content (AvgIpc) is 2.76. The van der Waals surface area contributed by atoms with Gasteiger partial charge in [0.2, 0.25) is 5.82 Å². The summed E-state index contributed by atoms with van der Waals surface area (Å²) in [6.07, 6.45) is 1.61. The van der Waals surface area contributed by atoms with E-state index >= 15 is 0 Å². The Kier molecular flexibility index (Phi) is 2.84. The largest absolute Gasteiger partial charge is 0.325 e. The van der Waals surface area contributed by atoms with Crippen molar-refractivity contribution in [3.63, 3.8) is 0 Å². The van der Waals surface area contributed by atoms with Crippen LogP contribution in [0.15, 0.2) is 30.5 Å². The lowest BCUT2D eigenvalue weighted by Gasteiger charge is -2.01. The Morgan fingerprint density at radius 2 is 2.24 bits per heavy atom. The van der Waals surface area contributed by atoms with Crippen molar-refractivity contribution in [3.8, 4) is 5.69 Å². The van der Waals surface area contributed by atoms with E-state index in [-0.39, 0.29) is 6.54 Å². The number of hydrogen-bond donors (Lipinski definition) is 1. The van der Waals surface area contributed by atoms with E-state index in [0.717, 1.165) is 12.1 Å². The van der Waals surface area contributed by atoms with Gasteiger partial charge in [-0.15, -0.1) is 0 Å². The highest BCUT2D eigenvalue weighted by Gasteiger charge is 2.14. The summed E-state index contributed by atoms with van der Waals surface area (Å²) in [4.78, 5) is 9.68. The lowest BCUT2D eigenvalue weighted by molar-refractivity contribution is -0.387. The summed E-state index contributed by atoms with van der Waals surface area (Å²) in [6.45, 7) is 0.280. The quantitative estimate of drug-likeness (QED) is 0.644. The number of benzene rings is 1. The Hall–Kier alpha value is -2.28. The number of nitrogens with two attached hydrogens (primary N) is 1. The van der Waals surface area contributed by atoms with E-state index in [1.165, 1.54) is 10.7 Å². The first-order chi connectivity index (χ1) is 8.11. The van der Waals surface area contributed by atoms with Crippen molar-refractivity contribution in [1.82, 2.24) is 9.78 Å². The van der Waals surface area contributed by atoms with Crippen LogP contribution in [0.4, 0.5) is 10.1 Å². The summed E-state index contributed by atoms with van der Waals surface area (Å²) in [7, 11) is 0. The van der Waals surface area contributed by atoms with Crippen molar-refractivity contribution in [2.45, 2.75) is 6.54 Å². The Morgan fingerprint density at radius 3 is 2.76 bits per heavy atom. The molecule has 0 unspecified atom stereocenters. The van der Waals surface area contributed by atoms with Crippen LogP contribution in [0.1, 0.15) is 5.69 Å². The molecule has 2 rings (SSSR count). The second kappa shape index (κ2) is 4.30. The highest BCUT2D eigenvalue weighted by molar-refractivity contribution is 5.41. The monoisotopic (exact) mass is 236 g/mol. The second-order valence-corrected chi connectivity index (χ2v) is 3.35. The van der Waals surface area contributed by atoms with Gasteiger partial charge in [0.15, 0.2) is 0 Å². The minimum atomic E-state index is -0.891. The number of nitrogens with zero attached hydrogens (tertiary/aromatic N) is 3. The first-order valence-corrected chi connectivity index (χ1v) is 4.80. The van der Waals surface area contributed by atoms with Crippen LogP contribution in [-0.4, -0.2) is 14.7 Å². The standard InChI is InChI=1S/C10H9FN4O2/c11-9-5-8(1-2-10(9)15(16)17)14-4-3-7(6-12)13-14/h1-5H,6,12H2. The first-order valence-electron chi connectivity index (χ1n) is 4.80. The van der Waals surface area contributed by atoms with Gasteiger partial charge in [-0.3, -0.25) is 10.1 Å². The molecule has 0 bridgehead atoms. The van der Waals surface area contributed by atoms with Gasteiger partial charge >= 0.3 is 5.69 Å². The fourth-order valence-electron chi connectivity index (χ4n) is 1.40. The second-order valence-electron chi connectivity index (χ2n) is 3.35. The molecule has 2 N–H and O–H groups in total. The molecule has 0 amide bonds. The molecule has 7 heteroatoms. The van der Waals surface area contributed by atoms with Crippen LogP contribution in [0.2, 0.25) is 0 Å². The molecule has 0 fully saturated rings. The van der Waals surface area contributed by atoms with Crippen LogP contribution in [0.3, 0.4) is 0 Å². The van der Waals surface area contributed by atoms with Gasteiger partial charge in [0.25, 0.3) is 0 Å². The fourth-order valence-corrected chi connectivity index (χ4v) is 1.40. The maximum atomic E-state index is 13.4. The van der Waals surface area contributed by atoms with Gasteiger partial charge in [-0.1, -0.05) is 0 Å². The van der Waals surface area contributed by atoms with Gasteiger partial charge < -0.3 is 5.73 Å². The normalized spacial score (nSPS) is 10.5. The van der Waals surface area contributed by atoms with Crippen molar-refractivity contribution in [3.05, 3.63) is 52.1 Å². The molecular weight excluding hydrogens is 227 g/mol. The van der Waals surface area contributed by atoms with Crippen LogP contribution in [-0.2, 0) is 6.54 Å². The third-order valence-corrected chi connectivity index (χ3v) is 2.25. The van der Waals surface area contributed by atoms with Crippen molar-refractivity contribution < 1.29 is 9.31 Å². The summed E-state index contributed by atoms with van der Waals surface area (Å²) in [5.74, 6) is -0.891. The van der Waals surface area contributed by atoms with Gasteiger partial charge in [0.1, 0.15) is 0 Å². The average molecular weight is 236 g/mol. The number of hydrogen-bond acceptors (Lipinski definition) is 4. The molecule has 0 aliphatic rings. The highest BCUT2D eigenvalue weighted by Crippen LogP contribution is 2.19. The van der Waals surface area contributed by atoms with Crippen molar-refractivity contribution in [2.75, 3.05) is 0 Å². The van der Waals surface area contributed by atoms with Gasteiger partial charge in [-0.25, -0.2) is 4.68 Å². The van der Waals surface area contributed by atoms with E-state index in [2.05, 4.69) is 5.10 Å². The minimum absolute atomic E-state index is 0.280. The number of nitro benzene ring substituents is 1. The zero-order valence-corrected chi connectivity index (χ0v) is 8.71. The number of rotatable bonds is 3. The van der Waals surface area contributed by atoms with E-state index in [1.54, 1.807) is 12.3 Å². The van der Waals surface area contributed by atoms with Gasteiger partial charge in [-0.05, 0) is 12.1 Å². The first kappa shape index (κ1) is 11.2. The predicted octanol–water partition coefficient (Wildman–Crippen LogP) is 1.38. The predicted molar refractivity (Wildman–Crippen MR) is 58.1 cm³/mol. The Labute approximate surface area is 95.6 Å². The summed E-state index contributed by atoms with van der Waals surface area (Å²) < 4.78 is 14.8. The van der Waals surface area contributed by atoms with E-state index < -0.39 is 16.4 Å². The summed E-state index contributed by atoms with van der Waals surface area (Å²) in [6, 6.07) is 5.29. The lowest BCUT2D eigenvalue weighted by Crippen LogP contribution is -2.01. The smallest absolute Gasteiger partial charge is 0.304 e. The molecule has 88 valence electrons. The Bertz CT molecular complexity index is 567. The molecule has 1 aromatic carbocycles. The van der Waals surface area contributed by atoms with Crippen molar-refractivity contribution in [1.29, 1.82) is 0 Å². The molecule has 1 heterocycles. The van der Waals surface area contributed by atoms with Crippen LogP contribution in [0, 0.1) is 15.9 Å². The third kappa shape index (κ3) is 2.13. The van der Waals surface area contributed by atoms with Crippen LogP contribution >= 0.6 is 0 Å². The van der Waals surface area contributed by atoms with Crippen LogP contribution in [0.25, 0.3) is 5.69 Å². The molecule has 0 spiro atoms. The van der Waals surface area contributed by atoms with Crippen LogP contribution < -0.4 is 5.73 Å². The Morgan fingerprint density at radius 1 is 1.47 bits per heavy atom. The van der Waals surface area contributed by atoms with Gasteiger partial charge in [-0.2, -0.15) is 9.49 Å². The fraction of sp³-hybridized carbons (Fsp3) is 0.100. The topological polar surface area (TPSA) is 87.0 Å². The Balaban J connectivity index is 2.40. The third-order valence-electron chi connectivity index (χ3n) is 2.25. The number of aromatic nitrogens is 2. The zero-order valence-electron chi connectivity index (χ0n) is 8.71. The molecule has 6 nitrogen and oxygen atoms in total. The molecule has 0 aliphatic heterocycles. The summed E-state index contributed by atoms with van der Waals surface area (Å²) in [5, 5.41) is 14.5. The maximum Gasteiger partial charge on any atom is 0.304 e. The minimum Gasteiger partial charge on any atom is -0.325 e. The van der Waals surface area contributed by atoms with E-state index in [1.807, 2.05) is 0 Å². The summed E-state index contributed by atoms with van der Waals surface area (Å²) in [5.41, 5.74) is 5.91. The SMILES string of the molecule is NCc1ccn(-c2ccc([N+](=O)[O-])c(F)c2)n1. The summed E-state index contributed by atoms with van der Waals surface area (Å²) >= 11 is 0. The lowest BCUT2D eigenvalue weighted by atomic mass is 10.3. The molecule has 1 aromatic heterocycles. The molecule has 17 heavy (non-hydrogen) atoms. The molecule has 0 atom stereocenters. The van der Waals surface area contributed by atoms with Crippen LogP contribution in [0.5, 0.6) is 0 Å². The molecule has 0 radical (unpaired) electrons. The zero-order chi connectivity index (χ0) is 12.4. The molecule has 2 aromatic rings. The number of nitro groups is 1. The molecule has 0 saturated carbocycles. The maximum absolute atomic E-state index is 13.4. The van der Waals surface area contributed by atoms with Gasteiger partial charge in [0, 0.05) is 24.9 Å². The van der Waals surface area contributed by atoms with E-state index in [4.69, 9.17) is 5.73 Å². The molecule has 0 saturated heterocycles. The van der Waals surface area contributed by atoms with E-state index in [0.29, 0.717) is 11.4 Å². The van der Waals surface area contributed by atoms with Crippen molar-refractivity contribution in [2.24, 2.45) is 5.73 Å². The van der Waals surface area contributed by atoms with E-state index in [9.17, 15) is 14.5 Å². The molecular formula is C10H9FN4O2. The molecule has 0 aliphatic carbocycles. The van der Waals surface area contributed by atoms with Crippen molar-refractivity contribution >= 4 is 5.69 Å².